The molecule has 1 saturated heterocycles. The number of piperazine rings is 1. The average Bonchev–Trinajstić information content (AvgIpc) is 2.89. The molecule has 1 unspecified atom stereocenters. The van der Waals surface area contributed by atoms with Crippen LogP contribution in [-0.4, -0.2) is 51.9 Å². The second kappa shape index (κ2) is 12.2. The van der Waals surface area contributed by atoms with Gasteiger partial charge in [-0.1, -0.05) is 51.0 Å². The van der Waals surface area contributed by atoms with Crippen LogP contribution in [0, 0.1) is 0 Å². The fourth-order valence-corrected chi connectivity index (χ4v) is 6.76. The van der Waals surface area contributed by atoms with Crippen LogP contribution in [0.15, 0.2) is 47.4 Å². The van der Waals surface area contributed by atoms with Gasteiger partial charge in [-0.25, -0.2) is 13.1 Å². The number of benzene rings is 2. The van der Waals surface area contributed by atoms with Gasteiger partial charge in [0.15, 0.2) is 0 Å². The predicted octanol–water partition coefficient (Wildman–Crippen LogP) is 4.70. The van der Waals surface area contributed by atoms with E-state index < -0.39 is 10.0 Å². The first-order valence-electron chi connectivity index (χ1n) is 13.4. The lowest BCUT2D eigenvalue weighted by atomic mass is 9.88. The van der Waals surface area contributed by atoms with Crippen molar-refractivity contribution in [2.45, 2.75) is 69.7 Å². The number of aryl methyl sites for hydroxylation is 1. The first-order valence-corrected chi connectivity index (χ1v) is 14.9. The molecule has 0 saturated carbocycles. The summed E-state index contributed by atoms with van der Waals surface area (Å²) < 4.78 is 30.8. The number of sulfonamides is 1. The number of nitrogens with one attached hydrogen (secondary N) is 2. The van der Waals surface area contributed by atoms with E-state index in [-0.39, 0.29) is 16.8 Å². The maximum absolute atomic E-state index is 13.9. The third kappa shape index (κ3) is 6.47. The van der Waals surface area contributed by atoms with Gasteiger partial charge < -0.3 is 15.1 Å². The Hall–Kier alpha value is -2.42. The number of carbonyl (C=O) groups excluding carboxylic acids is 1. The molecule has 36 heavy (non-hydrogen) atoms. The van der Waals surface area contributed by atoms with E-state index >= 15 is 0 Å². The Balaban J connectivity index is 1.62. The summed E-state index contributed by atoms with van der Waals surface area (Å²) in [5.74, 6) is -0.0784. The lowest BCUT2D eigenvalue weighted by molar-refractivity contribution is -0.116. The molecule has 1 atom stereocenters. The minimum Gasteiger partial charge on any atom is -0.368 e. The molecule has 7 nitrogen and oxygen atoms in total. The topological polar surface area (TPSA) is 81.8 Å². The molecule has 0 radical (unpaired) electrons. The van der Waals surface area contributed by atoms with E-state index in [9.17, 15) is 13.2 Å². The fourth-order valence-electron chi connectivity index (χ4n) is 5.26. The van der Waals surface area contributed by atoms with Crippen LogP contribution < -0.4 is 14.9 Å². The molecule has 1 aliphatic carbocycles. The summed E-state index contributed by atoms with van der Waals surface area (Å²) in [6.45, 7) is 8.58. The molecule has 1 fully saturated rings. The highest BCUT2D eigenvalue weighted by atomic mass is 32.2. The number of likely N-dealkylation sites (N-methyl/N-ethyl adjacent to an activating group) is 1. The maximum atomic E-state index is 13.9. The summed E-state index contributed by atoms with van der Waals surface area (Å²) in [6, 6.07) is 13.2. The summed E-state index contributed by atoms with van der Waals surface area (Å²) in [5.41, 5.74) is 3.49. The number of anilines is 2. The second-order valence-corrected chi connectivity index (χ2v) is 11.6. The Kier molecular flexibility index (Phi) is 9.04. The van der Waals surface area contributed by atoms with Gasteiger partial charge in [-0.2, -0.15) is 0 Å². The van der Waals surface area contributed by atoms with Gasteiger partial charge in [0.05, 0.1) is 5.69 Å². The highest BCUT2D eigenvalue weighted by molar-refractivity contribution is 7.89. The minimum absolute atomic E-state index is 0.0784. The minimum atomic E-state index is -3.84. The molecule has 2 N–H and O–H groups in total. The van der Waals surface area contributed by atoms with Crippen LogP contribution in [0.4, 0.5) is 11.4 Å². The zero-order valence-corrected chi connectivity index (χ0v) is 22.4. The summed E-state index contributed by atoms with van der Waals surface area (Å²) >= 11 is 0. The van der Waals surface area contributed by atoms with Gasteiger partial charge in [-0.05, 0) is 61.6 Å². The molecule has 196 valence electrons. The molecule has 0 spiro atoms. The smallest absolute Gasteiger partial charge is 0.243 e. The van der Waals surface area contributed by atoms with E-state index in [4.69, 9.17) is 0 Å². The predicted molar refractivity (Wildman–Crippen MR) is 146 cm³/mol. The van der Waals surface area contributed by atoms with Crippen LogP contribution in [0.25, 0.3) is 0 Å². The highest BCUT2D eigenvalue weighted by Gasteiger charge is 2.30. The quantitative estimate of drug-likeness (QED) is 0.451. The number of nitrogens with zero attached hydrogens (tertiary/aromatic N) is 2. The van der Waals surface area contributed by atoms with Crippen molar-refractivity contribution in [3.05, 3.63) is 53.6 Å². The molecule has 0 bridgehead atoms. The highest BCUT2D eigenvalue weighted by Crippen LogP contribution is 2.34. The van der Waals surface area contributed by atoms with Crippen LogP contribution in [0.3, 0.4) is 0 Å². The maximum Gasteiger partial charge on any atom is 0.243 e. The lowest BCUT2D eigenvalue weighted by Gasteiger charge is -2.36. The zero-order chi connectivity index (χ0) is 25.5. The van der Waals surface area contributed by atoms with Gasteiger partial charge in [-0.15, -0.1) is 0 Å². The third-order valence-corrected chi connectivity index (χ3v) is 8.87. The van der Waals surface area contributed by atoms with Crippen molar-refractivity contribution in [2.75, 3.05) is 42.9 Å². The summed E-state index contributed by atoms with van der Waals surface area (Å²) in [4.78, 5) is 17.2. The molecule has 1 amide bonds. The van der Waals surface area contributed by atoms with Crippen LogP contribution in [0.1, 0.15) is 69.5 Å². The monoisotopic (exact) mass is 512 g/mol. The molecule has 2 aliphatic rings. The SMILES string of the molecule is CCCCCC(=O)Nc1ccc(N2CCN(CC)CC2)c(S(=O)(=O)NC2CCCc3ccccc32)c1. The fraction of sp³-hybridized carbons (Fsp3) is 0.536. The van der Waals surface area contributed by atoms with Crippen LogP contribution >= 0.6 is 0 Å². The number of rotatable bonds is 10. The van der Waals surface area contributed by atoms with E-state index in [1.165, 1.54) is 5.56 Å². The van der Waals surface area contributed by atoms with Crippen molar-refractivity contribution in [2.24, 2.45) is 0 Å². The standard InChI is InChI=1S/C28H40N4O3S/c1-3-5-6-14-28(33)29-23-15-16-26(32-19-17-31(4-2)18-20-32)27(21-23)36(34,35)30-25-13-9-11-22-10-7-8-12-24(22)25/h7-8,10,12,15-16,21,25,30H,3-6,9,11,13-14,17-20H2,1-2H3,(H,29,33). The van der Waals surface area contributed by atoms with Crippen molar-refractivity contribution in [1.82, 2.24) is 9.62 Å². The first kappa shape index (κ1) is 26.6. The van der Waals surface area contributed by atoms with Crippen LogP contribution in [0.5, 0.6) is 0 Å². The zero-order valence-electron chi connectivity index (χ0n) is 21.6. The number of hydrogen-bond donors (Lipinski definition) is 2. The first-order chi connectivity index (χ1) is 17.4. The Labute approximate surface area is 216 Å². The Morgan fingerprint density at radius 3 is 2.56 bits per heavy atom. The van der Waals surface area contributed by atoms with Crippen molar-refractivity contribution in [3.8, 4) is 0 Å². The summed E-state index contributed by atoms with van der Waals surface area (Å²) in [5, 5.41) is 2.92. The van der Waals surface area contributed by atoms with Gasteiger partial charge in [-0.3, -0.25) is 4.79 Å². The van der Waals surface area contributed by atoms with Gasteiger partial charge in [0.2, 0.25) is 15.9 Å². The van der Waals surface area contributed by atoms with E-state index in [2.05, 4.69) is 39.8 Å². The molecule has 1 aliphatic heterocycles. The van der Waals surface area contributed by atoms with E-state index in [1.807, 2.05) is 30.3 Å². The van der Waals surface area contributed by atoms with E-state index in [0.717, 1.165) is 76.8 Å². The van der Waals surface area contributed by atoms with Crippen molar-refractivity contribution in [3.63, 3.8) is 0 Å². The summed E-state index contributed by atoms with van der Waals surface area (Å²) in [7, 11) is -3.84. The number of carbonyl (C=O) groups is 1. The Bertz CT molecular complexity index is 1140. The number of unbranched alkanes of at least 4 members (excludes halogenated alkanes) is 2. The summed E-state index contributed by atoms with van der Waals surface area (Å²) in [6.07, 6.45) is 6.01. The molecule has 2 aromatic rings. The molecular formula is C28H40N4O3S. The van der Waals surface area contributed by atoms with Crippen molar-refractivity contribution in [1.29, 1.82) is 0 Å². The Morgan fingerprint density at radius 1 is 1.03 bits per heavy atom. The van der Waals surface area contributed by atoms with Gasteiger partial charge in [0.1, 0.15) is 4.90 Å². The molecular weight excluding hydrogens is 472 g/mol. The van der Waals surface area contributed by atoms with E-state index in [1.54, 1.807) is 6.07 Å². The van der Waals surface area contributed by atoms with Crippen LogP contribution in [-0.2, 0) is 21.2 Å². The molecule has 4 rings (SSSR count). The number of fused-ring (bicyclic) bond motifs is 1. The lowest BCUT2D eigenvalue weighted by Crippen LogP contribution is -2.46. The molecule has 0 aromatic heterocycles. The molecule has 2 aromatic carbocycles. The van der Waals surface area contributed by atoms with Crippen molar-refractivity contribution < 1.29 is 13.2 Å². The average molecular weight is 513 g/mol. The molecule has 1 heterocycles. The molecule has 8 heteroatoms. The normalized spacial score (nSPS) is 18.6. The number of amides is 1. The largest absolute Gasteiger partial charge is 0.368 e. The van der Waals surface area contributed by atoms with E-state index in [0.29, 0.717) is 17.8 Å². The van der Waals surface area contributed by atoms with Gasteiger partial charge >= 0.3 is 0 Å². The van der Waals surface area contributed by atoms with Gasteiger partial charge in [0, 0.05) is 44.3 Å². The van der Waals surface area contributed by atoms with Crippen molar-refractivity contribution >= 4 is 27.3 Å². The van der Waals surface area contributed by atoms with Crippen LogP contribution in [0.2, 0.25) is 0 Å². The third-order valence-electron chi connectivity index (χ3n) is 7.37. The second-order valence-electron chi connectivity index (χ2n) is 9.87. The number of hydrogen-bond acceptors (Lipinski definition) is 5. The Morgan fingerprint density at radius 2 is 1.81 bits per heavy atom. The van der Waals surface area contributed by atoms with Gasteiger partial charge in [0.25, 0.3) is 0 Å².